The molecule has 2 saturated heterocycles. The van der Waals surface area contributed by atoms with E-state index in [2.05, 4.69) is 44.8 Å². The van der Waals surface area contributed by atoms with Gasteiger partial charge in [-0.1, -0.05) is 47.1 Å². The molecule has 1 N–H and O–H groups in total. The fourth-order valence-electron chi connectivity index (χ4n) is 5.52. The highest BCUT2D eigenvalue weighted by Crippen LogP contribution is 2.22. The second-order valence-electron chi connectivity index (χ2n) is 12.1. The minimum absolute atomic E-state index is 0.0464. The molecule has 0 aromatic rings. The second kappa shape index (κ2) is 13.6. The first-order chi connectivity index (χ1) is 16.8. The molecular formula is C29H52N4O3. The summed E-state index contributed by atoms with van der Waals surface area (Å²) in [7, 11) is 1.80. The van der Waals surface area contributed by atoms with Crippen molar-refractivity contribution >= 4 is 17.7 Å². The zero-order valence-corrected chi connectivity index (χ0v) is 24.3. The molecule has 7 nitrogen and oxygen atoms in total. The van der Waals surface area contributed by atoms with Crippen LogP contribution in [0.15, 0.2) is 11.6 Å². The number of rotatable bonds is 9. The van der Waals surface area contributed by atoms with Crippen molar-refractivity contribution in [3.05, 3.63) is 11.6 Å². The Morgan fingerprint density at radius 3 is 2.06 bits per heavy atom. The van der Waals surface area contributed by atoms with Crippen LogP contribution in [-0.2, 0) is 14.4 Å². The fourth-order valence-corrected chi connectivity index (χ4v) is 5.52. The average Bonchev–Trinajstić information content (AvgIpc) is 2.84. The Balaban J connectivity index is 2.16. The van der Waals surface area contributed by atoms with E-state index in [0.717, 1.165) is 51.7 Å². The third-order valence-electron chi connectivity index (χ3n) is 8.05. The number of amides is 3. The summed E-state index contributed by atoms with van der Waals surface area (Å²) in [5.74, 6) is 0.651. The van der Waals surface area contributed by atoms with Gasteiger partial charge in [0.15, 0.2) is 0 Å². The number of hydrogen-bond acceptors (Lipinski definition) is 4. The van der Waals surface area contributed by atoms with E-state index < -0.39 is 6.04 Å². The van der Waals surface area contributed by atoms with Crippen molar-refractivity contribution in [2.24, 2.45) is 17.8 Å². The normalized spacial score (nSPS) is 22.2. The summed E-state index contributed by atoms with van der Waals surface area (Å²) >= 11 is 0. The molecule has 3 atom stereocenters. The monoisotopic (exact) mass is 504 g/mol. The minimum atomic E-state index is -0.604. The molecule has 36 heavy (non-hydrogen) atoms. The van der Waals surface area contributed by atoms with Gasteiger partial charge in [0.05, 0.1) is 12.1 Å². The maximum absolute atomic E-state index is 13.7. The van der Waals surface area contributed by atoms with Crippen LogP contribution in [0.3, 0.4) is 0 Å². The summed E-state index contributed by atoms with van der Waals surface area (Å²) in [5.41, 5.74) is 0.683. The standard InChI is InChI=1S/C29H52N4O3/c1-19(2)25(18-23(8)28(35)32-16-13-22(7)14-17-32)31(9)29(36)26(20(3)4)30-27(34)24-12-10-11-15-33(24)21(5)6/h18-22,24-26H,10-17H2,1-9H3,(H,30,34)/b23-18+. The molecule has 0 bridgehead atoms. The van der Waals surface area contributed by atoms with Crippen LogP contribution < -0.4 is 5.32 Å². The molecule has 7 heteroatoms. The van der Waals surface area contributed by atoms with Crippen LogP contribution in [-0.4, -0.2) is 83.3 Å². The Morgan fingerprint density at radius 1 is 0.917 bits per heavy atom. The Morgan fingerprint density at radius 2 is 1.53 bits per heavy atom. The van der Waals surface area contributed by atoms with Crippen molar-refractivity contribution in [1.29, 1.82) is 0 Å². The molecule has 2 heterocycles. The van der Waals surface area contributed by atoms with Crippen molar-refractivity contribution in [1.82, 2.24) is 20.0 Å². The SMILES string of the molecule is C/C(=C\C(C(C)C)N(C)C(=O)C(NC(=O)C1CCCCN1C(C)C)C(C)C)C(=O)N1CCC(C)CC1. The van der Waals surface area contributed by atoms with E-state index in [4.69, 9.17) is 0 Å². The summed E-state index contributed by atoms with van der Waals surface area (Å²) in [6, 6.07) is -0.736. The van der Waals surface area contributed by atoms with E-state index in [9.17, 15) is 14.4 Å². The smallest absolute Gasteiger partial charge is 0.249 e. The van der Waals surface area contributed by atoms with Crippen molar-refractivity contribution in [3.63, 3.8) is 0 Å². The minimum Gasteiger partial charge on any atom is -0.343 e. The van der Waals surface area contributed by atoms with Gasteiger partial charge in [-0.05, 0) is 70.8 Å². The van der Waals surface area contributed by atoms with Crippen molar-refractivity contribution < 1.29 is 14.4 Å². The topological polar surface area (TPSA) is 73.0 Å². The molecule has 2 rings (SSSR count). The van der Waals surface area contributed by atoms with Crippen molar-refractivity contribution in [2.75, 3.05) is 26.7 Å². The van der Waals surface area contributed by atoms with E-state index in [-0.39, 0.29) is 47.7 Å². The Labute approximate surface area is 220 Å². The van der Waals surface area contributed by atoms with Crippen molar-refractivity contribution in [2.45, 2.75) is 112 Å². The number of likely N-dealkylation sites (tertiary alicyclic amines) is 2. The van der Waals surface area contributed by atoms with Crippen LogP contribution in [0.4, 0.5) is 0 Å². The lowest BCUT2D eigenvalue weighted by Crippen LogP contribution is -2.58. The maximum Gasteiger partial charge on any atom is 0.249 e. The number of carbonyl (C=O) groups excluding carboxylic acids is 3. The molecule has 0 aromatic carbocycles. The lowest BCUT2D eigenvalue weighted by atomic mass is 9.95. The third kappa shape index (κ3) is 7.80. The van der Waals surface area contributed by atoms with E-state index in [0.29, 0.717) is 11.5 Å². The fraction of sp³-hybridized carbons (Fsp3) is 0.828. The Kier molecular flexibility index (Phi) is 11.5. The predicted octanol–water partition coefficient (Wildman–Crippen LogP) is 4.08. The van der Waals surface area contributed by atoms with Gasteiger partial charge in [-0.25, -0.2) is 0 Å². The molecular weight excluding hydrogens is 452 g/mol. The molecule has 3 unspecified atom stereocenters. The van der Waals surface area contributed by atoms with Gasteiger partial charge in [-0.3, -0.25) is 19.3 Å². The molecule has 0 aromatic heterocycles. The van der Waals surface area contributed by atoms with Gasteiger partial charge < -0.3 is 15.1 Å². The van der Waals surface area contributed by atoms with Gasteiger partial charge in [0.2, 0.25) is 17.7 Å². The molecule has 2 fully saturated rings. The van der Waals surface area contributed by atoms with Crippen molar-refractivity contribution in [3.8, 4) is 0 Å². The van der Waals surface area contributed by atoms with Crippen LogP contribution in [0.25, 0.3) is 0 Å². The van der Waals surface area contributed by atoms with Gasteiger partial charge in [0, 0.05) is 31.8 Å². The van der Waals surface area contributed by atoms with Gasteiger partial charge in [-0.15, -0.1) is 0 Å². The zero-order chi connectivity index (χ0) is 27.2. The highest BCUT2D eigenvalue weighted by molar-refractivity contribution is 5.93. The maximum atomic E-state index is 13.7. The Hall–Kier alpha value is -1.89. The summed E-state index contributed by atoms with van der Waals surface area (Å²) in [5, 5.41) is 3.11. The van der Waals surface area contributed by atoms with E-state index in [1.54, 1.807) is 11.9 Å². The van der Waals surface area contributed by atoms with E-state index >= 15 is 0 Å². The number of hydrogen-bond donors (Lipinski definition) is 1. The van der Waals surface area contributed by atoms with E-state index in [1.807, 2.05) is 31.7 Å². The molecule has 0 spiro atoms. The lowest BCUT2D eigenvalue weighted by Gasteiger charge is -2.39. The average molecular weight is 505 g/mol. The molecule has 0 saturated carbocycles. The summed E-state index contributed by atoms with van der Waals surface area (Å²) < 4.78 is 0. The third-order valence-corrected chi connectivity index (χ3v) is 8.05. The van der Waals surface area contributed by atoms with Crippen LogP contribution in [0, 0.1) is 17.8 Å². The van der Waals surface area contributed by atoms with Crippen LogP contribution in [0.2, 0.25) is 0 Å². The largest absolute Gasteiger partial charge is 0.343 e. The van der Waals surface area contributed by atoms with Crippen LogP contribution >= 0.6 is 0 Å². The molecule has 206 valence electrons. The van der Waals surface area contributed by atoms with Gasteiger partial charge >= 0.3 is 0 Å². The number of carbonyl (C=O) groups is 3. The highest BCUT2D eigenvalue weighted by atomic mass is 16.2. The second-order valence-corrected chi connectivity index (χ2v) is 12.1. The summed E-state index contributed by atoms with van der Waals surface area (Å²) in [6.07, 6.45) is 6.99. The summed E-state index contributed by atoms with van der Waals surface area (Å²) in [4.78, 5) is 46.1. The quantitative estimate of drug-likeness (QED) is 0.480. The predicted molar refractivity (Wildman–Crippen MR) is 146 cm³/mol. The zero-order valence-electron chi connectivity index (χ0n) is 24.3. The molecule has 0 aliphatic carbocycles. The Bertz CT molecular complexity index is 783. The van der Waals surface area contributed by atoms with Crippen LogP contribution in [0.1, 0.15) is 87.5 Å². The van der Waals surface area contributed by atoms with Gasteiger partial charge in [0.25, 0.3) is 0 Å². The number of nitrogens with one attached hydrogen (secondary N) is 1. The first kappa shape index (κ1) is 30.3. The molecule has 2 aliphatic heterocycles. The lowest BCUT2D eigenvalue weighted by molar-refractivity contribution is -0.140. The number of nitrogens with zero attached hydrogens (tertiary/aromatic N) is 3. The van der Waals surface area contributed by atoms with Gasteiger partial charge in [-0.2, -0.15) is 0 Å². The molecule has 2 aliphatic rings. The van der Waals surface area contributed by atoms with Crippen LogP contribution in [0.5, 0.6) is 0 Å². The van der Waals surface area contributed by atoms with E-state index in [1.165, 1.54) is 0 Å². The molecule has 3 amide bonds. The highest BCUT2D eigenvalue weighted by Gasteiger charge is 2.36. The summed E-state index contributed by atoms with van der Waals surface area (Å²) in [6.45, 7) is 18.9. The number of likely N-dealkylation sites (N-methyl/N-ethyl adjacent to an activating group) is 1. The number of piperidine rings is 2. The first-order valence-electron chi connectivity index (χ1n) is 14.2. The molecule has 0 radical (unpaired) electrons. The van der Waals surface area contributed by atoms with Gasteiger partial charge in [0.1, 0.15) is 6.04 Å². The first-order valence-corrected chi connectivity index (χ1v) is 14.2.